The van der Waals surface area contributed by atoms with Crippen LogP contribution < -0.4 is 16.0 Å². The molecule has 176 valence electrons. The Balaban J connectivity index is 1.29. The van der Waals surface area contributed by atoms with Gasteiger partial charge in [-0.1, -0.05) is 12.1 Å². The summed E-state index contributed by atoms with van der Waals surface area (Å²) in [5.41, 5.74) is 2.26. The Morgan fingerprint density at radius 3 is 2.35 bits per heavy atom. The molecule has 0 spiro atoms. The van der Waals surface area contributed by atoms with Crippen LogP contribution >= 0.6 is 0 Å². The molecule has 0 saturated carbocycles. The predicted molar refractivity (Wildman–Crippen MR) is 130 cm³/mol. The summed E-state index contributed by atoms with van der Waals surface area (Å²) in [6.07, 6.45) is 4.77. The summed E-state index contributed by atoms with van der Waals surface area (Å²) in [5, 5.41) is 8.65. The van der Waals surface area contributed by atoms with Crippen molar-refractivity contribution in [2.75, 3.05) is 30.3 Å². The number of nitrogens with zero attached hydrogens (tertiary/aromatic N) is 1. The SMILES string of the molecule is O=C(CNc1cccc(C(=O)NCc2ccco2)c1)Nc1cccc(C(=O)N2CCCCC2)c1. The van der Waals surface area contributed by atoms with Gasteiger partial charge in [-0.3, -0.25) is 14.4 Å². The third-order valence-electron chi connectivity index (χ3n) is 5.62. The molecule has 3 amide bonds. The van der Waals surface area contributed by atoms with Crippen molar-refractivity contribution in [3.05, 3.63) is 83.8 Å². The molecule has 1 fully saturated rings. The highest BCUT2D eigenvalue weighted by Gasteiger charge is 2.18. The van der Waals surface area contributed by atoms with Gasteiger partial charge in [0.15, 0.2) is 0 Å². The molecule has 3 N–H and O–H groups in total. The van der Waals surface area contributed by atoms with Gasteiger partial charge in [-0.25, -0.2) is 0 Å². The average Bonchev–Trinajstić information content (AvgIpc) is 3.40. The first-order chi connectivity index (χ1) is 16.6. The first-order valence-corrected chi connectivity index (χ1v) is 11.4. The van der Waals surface area contributed by atoms with Crippen LogP contribution in [0.2, 0.25) is 0 Å². The van der Waals surface area contributed by atoms with E-state index in [0.717, 1.165) is 32.4 Å². The standard InChI is InChI=1S/C26H28N4O4/c31-24(29-22-10-5-8-20(16-22)26(33)30-12-2-1-3-13-30)18-27-21-9-4-7-19(15-21)25(32)28-17-23-11-6-14-34-23/h4-11,14-16,27H,1-3,12-13,17-18H2,(H,28,32)(H,29,31). The third-order valence-corrected chi connectivity index (χ3v) is 5.62. The van der Waals surface area contributed by atoms with Gasteiger partial charge >= 0.3 is 0 Å². The van der Waals surface area contributed by atoms with Crippen LogP contribution in [0, 0.1) is 0 Å². The average molecular weight is 461 g/mol. The number of carbonyl (C=O) groups is 3. The largest absolute Gasteiger partial charge is 0.467 e. The second-order valence-corrected chi connectivity index (χ2v) is 8.18. The number of rotatable bonds is 8. The summed E-state index contributed by atoms with van der Waals surface area (Å²) < 4.78 is 5.22. The topological polar surface area (TPSA) is 104 Å². The van der Waals surface area contributed by atoms with Crippen LogP contribution in [-0.4, -0.2) is 42.3 Å². The molecule has 0 atom stereocenters. The summed E-state index contributed by atoms with van der Waals surface area (Å²) in [6, 6.07) is 17.5. The zero-order chi connectivity index (χ0) is 23.8. The van der Waals surface area contributed by atoms with Gasteiger partial charge < -0.3 is 25.3 Å². The van der Waals surface area contributed by atoms with Crippen LogP contribution in [0.15, 0.2) is 71.3 Å². The highest BCUT2D eigenvalue weighted by Crippen LogP contribution is 2.17. The number of piperidine rings is 1. The van der Waals surface area contributed by atoms with Gasteiger partial charge in [0, 0.05) is 35.6 Å². The van der Waals surface area contributed by atoms with Crippen molar-refractivity contribution in [2.24, 2.45) is 0 Å². The zero-order valence-corrected chi connectivity index (χ0v) is 18.9. The Morgan fingerprint density at radius 1 is 0.853 bits per heavy atom. The van der Waals surface area contributed by atoms with Crippen LogP contribution in [0.1, 0.15) is 45.7 Å². The molecule has 0 radical (unpaired) electrons. The number of hydrogen-bond donors (Lipinski definition) is 3. The minimum absolute atomic E-state index is 0.00365. The lowest BCUT2D eigenvalue weighted by Crippen LogP contribution is -2.35. The fourth-order valence-electron chi connectivity index (χ4n) is 3.85. The molecule has 0 aliphatic carbocycles. The molecule has 8 nitrogen and oxygen atoms in total. The molecule has 2 heterocycles. The lowest BCUT2D eigenvalue weighted by Gasteiger charge is -2.26. The summed E-state index contributed by atoms with van der Waals surface area (Å²) in [6.45, 7) is 1.87. The van der Waals surface area contributed by atoms with E-state index in [-0.39, 0.29) is 24.3 Å². The third kappa shape index (κ3) is 6.25. The van der Waals surface area contributed by atoms with Gasteiger partial charge in [0.05, 0.1) is 19.4 Å². The van der Waals surface area contributed by atoms with Gasteiger partial charge in [0.1, 0.15) is 5.76 Å². The molecular formula is C26H28N4O4. The lowest BCUT2D eigenvalue weighted by molar-refractivity contribution is -0.114. The van der Waals surface area contributed by atoms with E-state index in [4.69, 9.17) is 4.42 Å². The quantitative estimate of drug-likeness (QED) is 0.473. The normalized spacial score (nSPS) is 13.2. The molecule has 34 heavy (non-hydrogen) atoms. The van der Waals surface area contributed by atoms with E-state index in [1.165, 1.54) is 0 Å². The predicted octanol–water partition coefficient (Wildman–Crippen LogP) is 3.89. The molecule has 1 saturated heterocycles. The highest BCUT2D eigenvalue weighted by molar-refractivity contribution is 5.98. The minimum Gasteiger partial charge on any atom is -0.467 e. The van der Waals surface area contributed by atoms with Crippen LogP contribution in [0.25, 0.3) is 0 Å². The summed E-state index contributed by atoms with van der Waals surface area (Å²) >= 11 is 0. The number of likely N-dealkylation sites (tertiary alicyclic amines) is 1. The van der Waals surface area contributed by atoms with E-state index >= 15 is 0 Å². The maximum atomic E-state index is 12.7. The maximum absolute atomic E-state index is 12.7. The van der Waals surface area contributed by atoms with Gasteiger partial charge in [0.25, 0.3) is 11.8 Å². The van der Waals surface area contributed by atoms with Crippen molar-refractivity contribution < 1.29 is 18.8 Å². The number of amides is 3. The second-order valence-electron chi connectivity index (χ2n) is 8.18. The van der Waals surface area contributed by atoms with Crippen molar-refractivity contribution >= 4 is 29.1 Å². The molecule has 0 bridgehead atoms. The van der Waals surface area contributed by atoms with Crippen LogP contribution in [0.3, 0.4) is 0 Å². The molecule has 3 aromatic rings. The summed E-state index contributed by atoms with van der Waals surface area (Å²) in [4.78, 5) is 39.4. The van der Waals surface area contributed by atoms with Crippen LogP contribution in [0.4, 0.5) is 11.4 Å². The Hall–Kier alpha value is -4.07. The van der Waals surface area contributed by atoms with E-state index in [1.807, 2.05) is 4.90 Å². The summed E-state index contributed by atoms with van der Waals surface area (Å²) in [5.74, 6) is 0.173. The molecular weight excluding hydrogens is 432 g/mol. The summed E-state index contributed by atoms with van der Waals surface area (Å²) in [7, 11) is 0. The van der Waals surface area contributed by atoms with E-state index in [1.54, 1.807) is 66.9 Å². The van der Waals surface area contributed by atoms with Crippen molar-refractivity contribution in [2.45, 2.75) is 25.8 Å². The number of furan rings is 1. The van der Waals surface area contributed by atoms with E-state index in [9.17, 15) is 14.4 Å². The number of nitrogens with one attached hydrogen (secondary N) is 3. The molecule has 1 aliphatic heterocycles. The number of benzene rings is 2. The molecule has 2 aromatic carbocycles. The van der Waals surface area contributed by atoms with Crippen LogP contribution in [-0.2, 0) is 11.3 Å². The highest BCUT2D eigenvalue weighted by atomic mass is 16.3. The smallest absolute Gasteiger partial charge is 0.253 e. The fourth-order valence-corrected chi connectivity index (χ4v) is 3.85. The van der Waals surface area contributed by atoms with E-state index in [2.05, 4.69) is 16.0 Å². The number of hydrogen-bond acceptors (Lipinski definition) is 5. The van der Waals surface area contributed by atoms with Gasteiger partial charge in [0.2, 0.25) is 5.91 Å². The molecule has 4 rings (SSSR count). The van der Waals surface area contributed by atoms with Gasteiger partial charge in [-0.05, 0) is 67.8 Å². The Kier molecular flexibility index (Phi) is 7.60. The monoisotopic (exact) mass is 460 g/mol. The van der Waals surface area contributed by atoms with Crippen molar-refractivity contribution in [1.82, 2.24) is 10.2 Å². The van der Waals surface area contributed by atoms with Gasteiger partial charge in [-0.15, -0.1) is 0 Å². The number of anilines is 2. The molecule has 8 heteroatoms. The molecule has 1 aliphatic rings. The van der Waals surface area contributed by atoms with E-state index in [0.29, 0.717) is 34.8 Å². The Morgan fingerprint density at radius 2 is 1.59 bits per heavy atom. The Labute approximate surface area is 198 Å². The minimum atomic E-state index is -0.254. The fraction of sp³-hybridized carbons (Fsp3) is 0.269. The first-order valence-electron chi connectivity index (χ1n) is 11.4. The first kappa shape index (κ1) is 23.1. The maximum Gasteiger partial charge on any atom is 0.253 e. The van der Waals surface area contributed by atoms with E-state index < -0.39 is 0 Å². The van der Waals surface area contributed by atoms with Crippen molar-refractivity contribution in [3.63, 3.8) is 0 Å². The lowest BCUT2D eigenvalue weighted by atomic mass is 10.1. The zero-order valence-electron chi connectivity index (χ0n) is 18.9. The van der Waals surface area contributed by atoms with Crippen molar-refractivity contribution in [3.8, 4) is 0 Å². The van der Waals surface area contributed by atoms with Crippen molar-refractivity contribution in [1.29, 1.82) is 0 Å². The second kappa shape index (κ2) is 11.2. The molecule has 0 unspecified atom stereocenters. The van der Waals surface area contributed by atoms with Gasteiger partial charge in [-0.2, -0.15) is 0 Å². The van der Waals surface area contributed by atoms with Crippen LogP contribution in [0.5, 0.6) is 0 Å². The molecule has 1 aromatic heterocycles. The number of carbonyl (C=O) groups excluding carboxylic acids is 3. The Bertz CT molecular complexity index is 1140.